The van der Waals surface area contributed by atoms with E-state index in [9.17, 15) is 0 Å². The lowest BCUT2D eigenvalue weighted by Crippen LogP contribution is -2.26. The second kappa shape index (κ2) is 2.41. The summed E-state index contributed by atoms with van der Waals surface area (Å²) in [5.41, 5.74) is 2.69. The quantitative estimate of drug-likeness (QED) is 0.520. The molecule has 0 aromatic heterocycles. The van der Waals surface area contributed by atoms with Gasteiger partial charge in [-0.05, 0) is 38.5 Å². The highest BCUT2D eigenvalue weighted by Crippen LogP contribution is 2.31. The summed E-state index contributed by atoms with van der Waals surface area (Å²) in [6.07, 6.45) is 7.58. The van der Waals surface area contributed by atoms with Crippen LogP contribution in [0.3, 0.4) is 0 Å². The van der Waals surface area contributed by atoms with E-state index in [-0.39, 0.29) is 0 Å². The van der Waals surface area contributed by atoms with Crippen molar-refractivity contribution in [2.24, 2.45) is 9.98 Å². The molecule has 0 saturated heterocycles. The first-order valence-corrected chi connectivity index (χ1v) is 5.07. The van der Waals surface area contributed by atoms with Crippen molar-refractivity contribution in [2.45, 2.75) is 50.6 Å². The summed E-state index contributed by atoms with van der Waals surface area (Å²) in [4.78, 5) is 9.58. The number of rotatable bonds is 0. The molecule has 1 aliphatic heterocycles. The molecule has 3 rings (SSSR count). The molecule has 0 aromatic carbocycles. The van der Waals surface area contributed by atoms with Gasteiger partial charge in [0.25, 0.3) is 0 Å². The molecule has 0 spiro atoms. The normalized spacial score (nSPS) is 38.7. The van der Waals surface area contributed by atoms with E-state index in [2.05, 4.69) is 0 Å². The SMILES string of the molecule is C1CC2=NC3CCCC3N=C2C1. The second-order valence-electron chi connectivity index (χ2n) is 4.07. The molecule has 2 unspecified atom stereocenters. The minimum Gasteiger partial charge on any atom is -0.282 e. The van der Waals surface area contributed by atoms with E-state index >= 15 is 0 Å². The Morgan fingerprint density at radius 3 is 2.00 bits per heavy atom. The fourth-order valence-electron chi connectivity index (χ4n) is 2.61. The first-order chi connectivity index (χ1) is 5.93. The lowest BCUT2D eigenvalue weighted by Gasteiger charge is -2.18. The molecule has 0 aromatic rings. The second-order valence-corrected chi connectivity index (χ2v) is 4.07. The summed E-state index contributed by atoms with van der Waals surface area (Å²) in [6.45, 7) is 0. The molecule has 1 heterocycles. The number of nitrogens with zero attached hydrogens (tertiary/aromatic N) is 2. The van der Waals surface area contributed by atoms with Crippen molar-refractivity contribution in [3.63, 3.8) is 0 Å². The third-order valence-corrected chi connectivity index (χ3v) is 3.25. The minimum atomic E-state index is 0.571. The molecule has 2 nitrogen and oxygen atoms in total. The van der Waals surface area contributed by atoms with E-state index in [0.717, 1.165) is 0 Å². The van der Waals surface area contributed by atoms with Gasteiger partial charge < -0.3 is 0 Å². The van der Waals surface area contributed by atoms with Gasteiger partial charge in [0.05, 0.1) is 23.5 Å². The van der Waals surface area contributed by atoms with Gasteiger partial charge in [-0.2, -0.15) is 0 Å². The van der Waals surface area contributed by atoms with E-state index in [0.29, 0.717) is 12.1 Å². The molecule has 0 amide bonds. The van der Waals surface area contributed by atoms with Gasteiger partial charge in [0.1, 0.15) is 0 Å². The van der Waals surface area contributed by atoms with E-state index in [1.165, 1.54) is 49.9 Å². The number of hydrogen-bond acceptors (Lipinski definition) is 2. The molecule has 2 saturated carbocycles. The first-order valence-electron chi connectivity index (χ1n) is 5.07. The average Bonchev–Trinajstić information content (AvgIpc) is 2.64. The van der Waals surface area contributed by atoms with Crippen LogP contribution in [-0.4, -0.2) is 23.5 Å². The topological polar surface area (TPSA) is 24.7 Å². The lowest BCUT2D eigenvalue weighted by molar-refractivity contribution is 0.602. The highest BCUT2D eigenvalue weighted by Gasteiger charge is 2.32. The van der Waals surface area contributed by atoms with Crippen LogP contribution in [-0.2, 0) is 0 Å². The van der Waals surface area contributed by atoms with E-state index in [4.69, 9.17) is 9.98 Å². The van der Waals surface area contributed by atoms with Crippen molar-refractivity contribution in [1.29, 1.82) is 0 Å². The van der Waals surface area contributed by atoms with Gasteiger partial charge in [-0.25, -0.2) is 0 Å². The first kappa shape index (κ1) is 6.81. The Morgan fingerprint density at radius 1 is 0.833 bits per heavy atom. The Morgan fingerprint density at radius 2 is 1.42 bits per heavy atom. The number of hydrogen-bond donors (Lipinski definition) is 0. The molecule has 2 atom stereocenters. The van der Waals surface area contributed by atoms with Crippen LogP contribution in [0.15, 0.2) is 9.98 Å². The van der Waals surface area contributed by atoms with Crippen LogP contribution in [0.2, 0.25) is 0 Å². The summed E-state index contributed by atoms with van der Waals surface area (Å²) >= 11 is 0. The van der Waals surface area contributed by atoms with Crippen molar-refractivity contribution in [1.82, 2.24) is 0 Å². The van der Waals surface area contributed by atoms with Crippen LogP contribution in [0, 0.1) is 0 Å². The third kappa shape index (κ3) is 0.869. The Kier molecular flexibility index (Phi) is 1.37. The average molecular weight is 162 g/mol. The van der Waals surface area contributed by atoms with E-state index < -0.39 is 0 Å². The van der Waals surface area contributed by atoms with Crippen LogP contribution >= 0.6 is 0 Å². The summed E-state index contributed by atoms with van der Waals surface area (Å²) in [7, 11) is 0. The molecule has 64 valence electrons. The van der Waals surface area contributed by atoms with Crippen LogP contribution in [0.1, 0.15) is 38.5 Å². The smallest absolute Gasteiger partial charge is 0.0727 e. The third-order valence-electron chi connectivity index (χ3n) is 3.25. The van der Waals surface area contributed by atoms with Crippen LogP contribution in [0.25, 0.3) is 0 Å². The van der Waals surface area contributed by atoms with Crippen molar-refractivity contribution >= 4 is 11.4 Å². The van der Waals surface area contributed by atoms with E-state index in [1.54, 1.807) is 0 Å². The van der Waals surface area contributed by atoms with Gasteiger partial charge in [0, 0.05) is 0 Å². The maximum atomic E-state index is 4.79. The monoisotopic (exact) mass is 162 g/mol. The highest BCUT2D eigenvalue weighted by atomic mass is 15.0. The fourth-order valence-corrected chi connectivity index (χ4v) is 2.61. The zero-order valence-electron chi connectivity index (χ0n) is 7.29. The largest absolute Gasteiger partial charge is 0.282 e. The Balaban J connectivity index is 1.97. The molecule has 2 aliphatic carbocycles. The van der Waals surface area contributed by atoms with Gasteiger partial charge >= 0.3 is 0 Å². The van der Waals surface area contributed by atoms with Crippen molar-refractivity contribution in [3.8, 4) is 0 Å². The molecule has 0 bridgehead atoms. The summed E-state index contributed by atoms with van der Waals surface area (Å²) in [6, 6.07) is 1.14. The molecule has 0 radical (unpaired) electrons. The highest BCUT2D eigenvalue weighted by molar-refractivity contribution is 6.44. The van der Waals surface area contributed by atoms with E-state index in [1.807, 2.05) is 0 Å². The standard InChI is InChI=1S/C10H14N2/c1-3-7-8(4-1)12-10-6-2-5-9(10)11-7/h7-8H,1-6H2. The summed E-state index contributed by atoms with van der Waals surface area (Å²) in [5.74, 6) is 0. The molecule has 12 heavy (non-hydrogen) atoms. The van der Waals surface area contributed by atoms with Crippen LogP contribution in [0.4, 0.5) is 0 Å². The van der Waals surface area contributed by atoms with Gasteiger partial charge in [0.2, 0.25) is 0 Å². The molecule has 2 fully saturated rings. The molecule has 2 heteroatoms. The molecule has 3 aliphatic rings. The number of fused-ring (bicyclic) bond motifs is 2. The van der Waals surface area contributed by atoms with Gasteiger partial charge in [0.15, 0.2) is 0 Å². The molecule has 0 N–H and O–H groups in total. The zero-order chi connectivity index (χ0) is 7.97. The van der Waals surface area contributed by atoms with Crippen LogP contribution in [0.5, 0.6) is 0 Å². The predicted molar refractivity (Wildman–Crippen MR) is 50.1 cm³/mol. The maximum absolute atomic E-state index is 4.79. The Bertz CT molecular complexity index is 239. The Hall–Kier alpha value is -0.660. The fraction of sp³-hybridized carbons (Fsp3) is 0.800. The lowest BCUT2D eigenvalue weighted by atomic mass is 10.1. The zero-order valence-corrected chi connectivity index (χ0v) is 7.29. The molecular formula is C10H14N2. The minimum absolute atomic E-state index is 0.571. The van der Waals surface area contributed by atoms with Crippen molar-refractivity contribution < 1.29 is 0 Å². The number of aliphatic imine (C=N–C) groups is 2. The molecular weight excluding hydrogens is 148 g/mol. The Labute approximate surface area is 72.8 Å². The summed E-state index contributed by atoms with van der Waals surface area (Å²) in [5, 5.41) is 0. The summed E-state index contributed by atoms with van der Waals surface area (Å²) < 4.78 is 0. The van der Waals surface area contributed by atoms with Gasteiger partial charge in [-0.15, -0.1) is 0 Å². The predicted octanol–water partition coefficient (Wildman–Crippen LogP) is 1.99. The van der Waals surface area contributed by atoms with Crippen molar-refractivity contribution in [2.75, 3.05) is 0 Å². The van der Waals surface area contributed by atoms with Crippen molar-refractivity contribution in [3.05, 3.63) is 0 Å². The maximum Gasteiger partial charge on any atom is 0.0727 e. The van der Waals surface area contributed by atoms with Gasteiger partial charge in [-0.3, -0.25) is 9.98 Å². The van der Waals surface area contributed by atoms with Gasteiger partial charge in [-0.1, -0.05) is 0 Å². The van der Waals surface area contributed by atoms with Crippen LogP contribution < -0.4 is 0 Å².